The van der Waals surface area contributed by atoms with Crippen molar-refractivity contribution in [1.29, 1.82) is 0 Å². The molecule has 20 heavy (non-hydrogen) atoms. The van der Waals surface area contributed by atoms with Crippen LogP contribution in [0.4, 0.5) is 15.8 Å². The standard InChI is InChI=1S/C16H19FN2O/c1-10-4-5-12(8-14(10)17)11(2)19-13-6-7-15(18)16(9-13)20-3/h4-9,11,19H,18H2,1-3H3. The second-order valence-electron chi connectivity index (χ2n) is 4.83. The Labute approximate surface area is 118 Å². The van der Waals surface area contributed by atoms with Gasteiger partial charge in [-0.25, -0.2) is 4.39 Å². The molecule has 0 saturated heterocycles. The van der Waals surface area contributed by atoms with Crippen LogP contribution in [-0.4, -0.2) is 7.11 Å². The topological polar surface area (TPSA) is 47.3 Å². The SMILES string of the molecule is COc1cc(NC(C)c2ccc(C)c(F)c2)ccc1N. The Kier molecular flexibility index (Phi) is 4.13. The molecule has 1 atom stereocenters. The number of hydrogen-bond acceptors (Lipinski definition) is 3. The molecule has 0 amide bonds. The maximum absolute atomic E-state index is 13.6. The van der Waals surface area contributed by atoms with Crippen molar-refractivity contribution < 1.29 is 9.13 Å². The number of benzene rings is 2. The van der Waals surface area contributed by atoms with E-state index in [0.29, 0.717) is 17.0 Å². The van der Waals surface area contributed by atoms with E-state index in [1.165, 1.54) is 0 Å². The molecule has 2 rings (SSSR count). The highest BCUT2D eigenvalue weighted by Gasteiger charge is 2.09. The van der Waals surface area contributed by atoms with Gasteiger partial charge in [-0.15, -0.1) is 0 Å². The van der Waals surface area contributed by atoms with Gasteiger partial charge in [-0.3, -0.25) is 0 Å². The fourth-order valence-corrected chi connectivity index (χ4v) is 2.01. The lowest BCUT2D eigenvalue weighted by Crippen LogP contribution is -2.07. The summed E-state index contributed by atoms with van der Waals surface area (Å²) in [5.74, 6) is 0.434. The summed E-state index contributed by atoms with van der Waals surface area (Å²) in [5, 5.41) is 3.30. The number of methoxy groups -OCH3 is 1. The van der Waals surface area contributed by atoms with Crippen molar-refractivity contribution in [2.75, 3.05) is 18.2 Å². The van der Waals surface area contributed by atoms with E-state index >= 15 is 0 Å². The molecule has 4 heteroatoms. The van der Waals surface area contributed by atoms with Gasteiger partial charge in [-0.2, -0.15) is 0 Å². The number of anilines is 2. The first kappa shape index (κ1) is 14.2. The smallest absolute Gasteiger partial charge is 0.143 e. The molecular formula is C16H19FN2O. The molecule has 2 aromatic carbocycles. The second kappa shape index (κ2) is 5.82. The number of halogens is 1. The van der Waals surface area contributed by atoms with Crippen LogP contribution in [0.1, 0.15) is 24.1 Å². The summed E-state index contributed by atoms with van der Waals surface area (Å²) >= 11 is 0. The fourth-order valence-electron chi connectivity index (χ4n) is 2.01. The molecule has 3 N–H and O–H groups in total. The van der Waals surface area contributed by atoms with Crippen molar-refractivity contribution >= 4 is 11.4 Å². The minimum Gasteiger partial charge on any atom is -0.495 e. The molecule has 0 heterocycles. The summed E-state index contributed by atoms with van der Waals surface area (Å²) in [6, 6.07) is 10.7. The number of nitrogen functional groups attached to an aromatic ring is 1. The van der Waals surface area contributed by atoms with Gasteiger partial charge in [0.05, 0.1) is 12.8 Å². The predicted octanol–water partition coefficient (Wildman–Crippen LogP) is 3.90. The quantitative estimate of drug-likeness (QED) is 0.831. The minimum atomic E-state index is -0.189. The number of nitrogens with one attached hydrogen (secondary N) is 1. The zero-order valence-corrected chi connectivity index (χ0v) is 11.9. The third-order valence-electron chi connectivity index (χ3n) is 3.31. The van der Waals surface area contributed by atoms with Crippen LogP contribution in [0, 0.1) is 12.7 Å². The highest BCUT2D eigenvalue weighted by molar-refractivity contribution is 5.61. The molecule has 0 aliphatic heterocycles. The maximum Gasteiger partial charge on any atom is 0.143 e. The van der Waals surface area contributed by atoms with Gasteiger partial charge >= 0.3 is 0 Å². The molecule has 0 aromatic heterocycles. The molecule has 0 saturated carbocycles. The van der Waals surface area contributed by atoms with Crippen LogP contribution >= 0.6 is 0 Å². The largest absolute Gasteiger partial charge is 0.495 e. The van der Waals surface area contributed by atoms with Gasteiger partial charge in [0.2, 0.25) is 0 Å². The number of hydrogen-bond donors (Lipinski definition) is 2. The van der Waals surface area contributed by atoms with Crippen molar-refractivity contribution in [2.45, 2.75) is 19.9 Å². The minimum absolute atomic E-state index is 0.0153. The molecule has 0 aliphatic carbocycles. The van der Waals surface area contributed by atoms with Crippen LogP contribution in [0.5, 0.6) is 5.75 Å². The fraction of sp³-hybridized carbons (Fsp3) is 0.250. The van der Waals surface area contributed by atoms with Crippen molar-refractivity contribution in [1.82, 2.24) is 0 Å². The summed E-state index contributed by atoms with van der Waals surface area (Å²) in [5.41, 5.74) is 8.79. The van der Waals surface area contributed by atoms with Crippen molar-refractivity contribution in [3.63, 3.8) is 0 Å². The third-order valence-corrected chi connectivity index (χ3v) is 3.31. The lowest BCUT2D eigenvalue weighted by atomic mass is 10.1. The van der Waals surface area contributed by atoms with E-state index in [-0.39, 0.29) is 11.9 Å². The van der Waals surface area contributed by atoms with E-state index in [4.69, 9.17) is 10.5 Å². The monoisotopic (exact) mass is 274 g/mol. The molecule has 0 radical (unpaired) electrons. The zero-order valence-electron chi connectivity index (χ0n) is 11.9. The summed E-state index contributed by atoms with van der Waals surface area (Å²) in [7, 11) is 1.58. The molecule has 0 aliphatic rings. The van der Waals surface area contributed by atoms with Gasteiger partial charge in [-0.05, 0) is 43.2 Å². The molecule has 3 nitrogen and oxygen atoms in total. The molecule has 1 unspecified atom stereocenters. The molecule has 106 valence electrons. The molecule has 0 bridgehead atoms. The Hall–Kier alpha value is -2.23. The van der Waals surface area contributed by atoms with Gasteiger partial charge in [0.1, 0.15) is 11.6 Å². The van der Waals surface area contributed by atoms with Crippen LogP contribution in [0.3, 0.4) is 0 Å². The lowest BCUT2D eigenvalue weighted by Gasteiger charge is -2.17. The first-order chi connectivity index (χ1) is 9.51. The zero-order chi connectivity index (χ0) is 14.7. The Bertz CT molecular complexity index is 613. The highest BCUT2D eigenvalue weighted by atomic mass is 19.1. The van der Waals surface area contributed by atoms with Gasteiger partial charge in [0.15, 0.2) is 0 Å². The Morgan fingerprint density at radius 1 is 1.20 bits per heavy atom. The van der Waals surface area contributed by atoms with Crippen LogP contribution < -0.4 is 15.8 Å². The number of nitrogens with two attached hydrogens (primary N) is 1. The van der Waals surface area contributed by atoms with E-state index in [2.05, 4.69) is 5.32 Å². The molecular weight excluding hydrogens is 255 g/mol. The van der Waals surface area contributed by atoms with Crippen molar-refractivity contribution in [3.05, 3.63) is 53.3 Å². The molecule has 0 fully saturated rings. The Balaban J connectivity index is 2.18. The van der Waals surface area contributed by atoms with Crippen molar-refractivity contribution in [2.24, 2.45) is 0 Å². The first-order valence-corrected chi connectivity index (χ1v) is 6.47. The number of aryl methyl sites for hydroxylation is 1. The number of rotatable bonds is 4. The Morgan fingerprint density at radius 3 is 2.60 bits per heavy atom. The van der Waals surface area contributed by atoms with Crippen LogP contribution in [0.25, 0.3) is 0 Å². The van der Waals surface area contributed by atoms with Crippen LogP contribution in [-0.2, 0) is 0 Å². The van der Waals surface area contributed by atoms with E-state index < -0.39 is 0 Å². The average molecular weight is 274 g/mol. The second-order valence-corrected chi connectivity index (χ2v) is 4.83. The van der Waals surface area contributed by atoms with Crippen LogP contribution in [0.15, 0.2) is 36.4 Å². The van der Waals surface area contributed by atoms with E-state index in [9.17, 15) is 4.39 Å². The van der Waals surface area contributed by atoms with Gasteiger partial charge in [0, 0.05) is 17.8 Å². The summed E-state index contributed by atoms with van der Waals surface area (Å²) < 4.78 is 18.8. The predicted molar refractivity (Wildman–Crippen MR) is 80.6 cm³/mol. The van der Waals surface area contributed by atoms with E-state index in [0.717, 1.165) is 11.3 Å². The summed E-state index contributed by atoms with van der Waals surface area (Å²) in [6.45, 7) is 3.73. The third kappa shape index (κ3) is 3.02. The van der Waals surface area contributed by atoms with Gasteiger partial charge in [-0.1, -0.05) is 12.1 Å². The lowest BCUT2D eigenvalue weighted by molar-refractivity contribution is 0.417. The normalized spacial score (nSPS) is 12.0. The highest BCUT2D eigenvalue weighted by Crippen LogP contribution is 2.28. The summed E-state index contributed by atoms with van der Waals surface area (Å²) in [6.07, 6.45) is 0. The van der Waals surface area contributed by atoms with E-state index in [1.807, 2.05) is 25.1 Å². The Morgan fingerprint density at radius 2 is 1.95 bits per heavy atom. The van der Waals surface area contributed by atoms with Crippen LogP contribution in [0.2, 0.25) is 0 Å². The van der Waals surface area contributed by atoms with Gasteiger partial charge < -0.3 is 15.8 Å². The summed E-state index contributed by atoms with van der Waals surface area (Å²) in [4.78, 5) is 0. The average Bonchev–Trinajstić information content (AvgIpc) is 2.43. The molecule has 0 spiro atoms. The first-order valence-electron chi connectivity index (χ1n) is 6.47. The molecule has 2 aromatic rings. The van der Waals surface area contributed by atoms with Crippen molar-refractivity contribution in [3.8, 4) is 5.75 Å². The number of ether oxygens (including phenoxy) is 1. The van der Waals surface area contributed by atoms with Gasteiger partial charge in [0.25, 0.3) is 0 Å². The van der Waals surface area contributed by atoms with E-state index in [1.54, 1.807) is 32.2 Å². The maximum atomic E-state index is 13.6.